The second-order valence-electron chi connectivity index (χ2n) is 5.29. The van der Waals surface area contributed by atoms with Gasteiger partial charge in [-0.1, -0.05) is 30.3 Å². The van der Waals surface area contributed by atoms with E-state index in [2.05, 4.69) is 5.10 Å². The molecule has 0 saturated heterocycles. The predicted molar refractivity (Wildman–Crippen MR) is 96.2 cm³/mol. The minimum Gasteiger partial charge on any atom is -0.485 e. The molecule has 2 aromatic carbocycles. The molecule has 0 radical (unpaired) electrons. The first kappa shape index (κ1) is 17.5. The number of hydrogen-bond donors (Lipinski definition) is 0. The molecule has 7 heteroatoms. The summed E-state index contributed by atoms with van der Waals surface area (Å²) in [6.45, 7) is 0.246. The molecule has 1 heterocycles. The molecular weight excluding hydrogens is 334 g/mol. The largest absolute Gasteiger partial charge is 0.485 e. The molecular formula is C19H19N3O4. The second kappa shape index (κ2) is 8.17. The number of anilines is 1. The molecule has 0 bridgehead atoms. The zero-order valence-corrected chi connectivity index (χ0v) is 14.5. The van der Waals surface area contributed by atoms with Crippen molar-refractivity contribution < 1.29 is 19.1 Å². The number of carbonyl (C=O) groups excluding carboxylic acids is 1. The summed E-state index contributed by atoms with van der Waals surface area (Å²) in [5.41, 5.74) is 2.17. The second-order valence-corrected chi connectivity index (χ2v) is 5.29. The van der Waals surface area contributed by atoms with Gasteiger partial charge in [-0.3, -0.25) is 4.84 Å². The van der Waals surface area contributed by atoms with Crippen LogP contribution in [0.25, 0.3) is 5.69 Å². The SMILES string of the molecule is COC(=O)N(OC)c1ccccc1OCc1ccn(-c2ccccc2)n1. The number of hydroxylamine groups is 1. The highest BCUT2D eigenvalue weighted by Gasteiger charge is 2.20. The lowest BCUT2D eigenvalue weighted by molar-refractivity contribution is 0.114. The van der Waals surface area contributed by atoms with Crippen molar-refractivity contribution in [3.8, 4) is 11.4 Å². The van der Waals surface area contributed by atoms with Gasteiger partial charge in [-0.2, -0.15) is 5.10 Å². The Balaban J connectivity index is 1.75. The Kier molecular flexibility index (Phi) is 5.50. The average Bonchev–Trinajstić information content (AvgIpc) is 3.17. The van der Waals surface area contributed by atoms with Crippen LogP contribution in [-0.2, 0) is 16.2 Å². The van der Waals surface area contributed by atoms with Gasteiger partial charge in [-0.15, -0.1) is 5.06 Å². The first-order chi connectivity index (χ1) is 12.7. The van der Waals surface area contributed by atoms with Gasteiger partial charge in [-0.05, 0) is 30.3 Å². The molecule has 0 saturated carbocycles. The fourth-order valence-corrected chi connectivity index (χ4v) is 2.42. The average molecular weight is 353 g/mol. The highest BCUT2D eigenvalue weighted by atomic mass is 16.7. The third kappa shape index (κ3) is 3.84. The van der Waals surface area contributed by atoms with Gasteiger partial charge in [0.05, 0.1) is 19.9 Å². The van der Waals surface area contributed by atoms with E-state index in [1.165, 1.54) is 14.2 Å². The molecule has 7 nitrogen and oxygen atoms in total. The Labute approximate surface area is 151 Å². The van der Waals surface area contributed by atoms with Crippen molar-refractivity contribution in [1.82, 2.24) is 9.78 Å². The van der Waals surface area contributed by atoms with Crippen molar-refractivity contribution >= 4 is 11.8 Å². The Hall–Kier alpha value is -3.32. The molecule has 0 N–H and O–H groups in total. The molecule has 3 rings (SSSR count). The number of carbonyl (C=O) groups is 1. The minimum absolute atomic E-state index is 0.246. The van der Waals surface area contributed by atoms with Gasteiger partial charge in [-0.25, -0.2) is 9.48 Å². The van der Waals surface area contributed by atoms with Gasteiger partial charge in [0.1, 0.15) is 23.7 Å². The lowest BCUT2D eigenvalue weighted by Crippen LogP contribution is -2.29. The van der Waals surface area contributed by atoms with Crippen LogP contribution in [0.3, 0.4) is 0 Å². The first-order valence-corrected chi connectivity index (χ1v) is 7.97. The smallest absolute Gasteiger partial charge is 0.438 e. The molecule has 0 fully saturated rings. The summed E-state index contributed by atoms with van der Waals surface area (Å²) in [7, 11) is 2.67. The number of benzene rings is 2. The van der Waals surface area contributed by atoms with E-state index in [4.69, 9.17) is 14.3 Å². The number of para-hydroxylation sites is 3. The standard InChI is InChI=1S/C19H19N3O4/c1-24-19(23)22(25-2)17-10-6-7-11-18(17)26-14-15-12-13-21(20-15)16-8-4-3-5-9-16/h3-13H,14H2,1-2H3. The lowest BCUT2D eigenvalue weighted by atomic mass is 10.3. The van der Waals surface area contributed by atoms with E-state index in [0.29, 0.717) is 11.4 Å². The fourth-order valence-electron chi connectivity index (χ4n) is 2.42. The van der Waals surface area contributed by atoms with Gasteiger partial charge in [0, 0.05) is 6.20 Å². The van der Waals surface area contributed by atoms with Crippen LogP contribution in [0.2, 0.25) is 0 Å². The van der Waals surface area contributed by atoms with E-state index in [-0.39, 0.29) is 6.61 Å². The minimum atomic E-state index is -0.642. The summed E-state index contributed by atoms with van der Waals surface area (Å²) in [6, 6.07) is 18.7. The first-order valence-electron chi connectivity index (χ1n) is 7.97. The number of methoxy groups -OCH3 is 1. The van der Waals surface area contributed by atoms with Gasteiger partial charge in [0.15, 0.2) is 0 Å². The molecule has 0 aliphatic carbocycles. The van der Waals surface area contributed by atoms with Crippen molar-refractivity contribution in [1.29, 1.82) is 0 Å². The van der Waals surface area contributed by atoms with E-state index in [0.717, 1.165) is 16.4 Å². The number of nitrogens with zero attached hydrogens (tertiary/aromatic N) is 3. The maximum Gasteiger partial charge on any atom is 0.438 e. The fraction of sp³-hybridized carbons (Fsp3) is 0.158. The van der Waals surface area contributed by atoms with Gasteiger partial charge >= 0.3 is 6.09 Å². The zero-order valence-electron chi connectivity index (χ0n) is 14.5. The summed E-state index contributed by atoms with van der Waals surface area (Å²) < 4.78 is 12.3. The van der Waals surface area contributed by atoms with Gasteiger partial charge < -0.3 is 9.47 Å². The normalized spacial score (nSPS) is 10.4. The summed E-state index contributed by atoms with van der Waals surface area (Å²) in [6.07, 6.45) is 1.23. The van der Waals surface area contributed by atoms with E-state index in [1.54, 1.807) is 22.9 Å². The molecule has 1 amide bonds. The van der Waals surface area contributed by atoms with Crippen LogP contribution in [0.1, 0.15) is 5.69 Å². The highest BCUT2D eigenvalue weighted by Crippen LogP contribution is 2.29. The van der Waals surface area contributed by atoms with Crippen LogP contribution in [0.5, 0.6) is 5.75 Å². The van der Waals surface area contributed by atoms with Crippen LogP contribution in [0, 0.1) is 0 Å². The lowest BCUT2D eigenvalue weighted by Gasteiger charge is -2.20. The monoisotopic (exact) mass is 353 g/mol. The number of amides is 1. The van der Waals surface area contributed by atoms with Crippen molar-refractivity contribution in [2.24, 2.45) is 0 Å². The van der Waals surface area contributed by atoms with Gasteiger partial charge in [0.2, 0.25) is 0 Å². The van der Waals surface area contributed by atoms with Gasteiger partial charge in [0.25, 0.3) is 0 Å². The molecule has 3 aromatic rings. The third-order valence-electron chi connectivity index (χ3n) is 3.65. The molecule has 0 atom stereocenters. The molecule has 0 aliphatic rings. The Morgan fingerprint density at radius 2 is 1.77 bits per heavy atom. The summed E-state index contributed by atoms with van der Waals surface area (Å²) >= 11 is 0. The molecule has 0 spiro atoms. The molecule has 134 valence electrons. The number of rotatable bonds is 6. The van der Waals surface area contributed by atoms with Crippen LogP contribution in [0.15, 0.2) is 66.9 Å². The molecule has 26 heavy (non-hydrogen) atoms. The summed E-state index contributed by atoms with van der Waals surface area (Å²) in [5.74, 6) is 0.481. The maximum atomic E-state index is 11.8. The Bertz CT molecular complexity index is 864. The quantitative estimate of drug-likeness (QED) is 0.634. The zero-order chi connectivity index (χ0) is 18.4. The highest BCUT2D eigenvalue weighted by molar-refractivity contribution is 5.87. The Morgan fingerprint density at radius 1 is 1.04 bits per heavy atom. The van der Waals surface area contributed by atoms with Crippen LogP contribution in [-0.4, -0.2) is 30.1 Å². The van der Waals surface area contributed by atoms with Crippen LogP contribution in [0.4, 0.5) is 10.5 Å². The van der Waals surface area contributed by atoms with Crippen LogP contribution >= 0.6 is 0 Å². The predicted octanol–water partition coefficient (Wildman–Crippen LogP) is 3.59. The topological polar surface area (TPSA) is 65.8 Å². The van der Waals surface area contributed by atoms with Crippen LogP contribution < -0.4 is 9.80 Å². The molecule has 1 aromatic heterocycles. The maximum absolute atomic E-state index is 11.8. The van der Waals surface area contributed by atoms with Crippen molar-refractivity contribution in [2.45, 2.75) is 6.61 Å². The molecule has 0 aliphatic heterocycles. The summed E-state index contributed by atoms with van der Waals surface area (Å²) in [4.78, 5) is 16.9. The van der Waals surface area contributed by atoms with E-state index in [1.807, 2.05) is 48.7 Å². The molecule has 0 unspecified atom stereocenters. The summed E-state index contributed by atoms with van der Waals surface area (Å²) in [5, 5.41) is 5.52. The third-order valence-corrected chi connectivity index (χ3v) is 3.65. The van der Waals surface area contributed by atoms with Crippen molar-refractivity contribution in [3.63, 3.8) is 0 Å². The van der Waals surface area contributed by atoms with Crippen molar-refractivity contribution in [2.75, 3.05) is 19.3 Å². The van der Waals surface area contributed by atoms with E-state index < -0.39 is 6.09 Å². The Morgan fingerprint density at radius 3 is 2.50 bits per heavy atom. The van der Waals surface area contributed by atoms with E-state index >= 15 is 0 Å². The number of ether oxygens (including phenoxy) is 2. The number of aromatic nitrogens is 2. The van der Waals surface area contributed by atoms with E-state index in [9.17, 15) is 4.79 Å². The van der Waals surface area contributed by atoms with Crippen molar-refractivity contribution in [3.05, 3.63) is 72.6 Å². The number of hydrogen-bond acceptors (Lipinski definition) is 5.